The van der Waals surface area contributed by atoms with Crippen LogP contribution in [0.3, 0.4) is 0 Å². The molecule has 4 heteroatoms. The van der Waals surface area contributed by atoms with Gasteiger partial charge in [-0.15, -0.1) is 0 Å². The van der Waals surface area contributed by atoms with Crippen molar-refractivity contribution in [3.8, 4) is 0 Å². The Bertz CT molecular complexity index is 316. The molecule has 84 valence electrons. The molecule has 0 saturated heterocycles. The number of carbonyl (C=O) groups excluding carboxylic acids is 1. The number of rotatable bonds is 2. The summed E-state index contributed by atoms with van der Waals surface area (Å²) >= 11 is 0. The van der Waals surface area contributed by atoms with Gasteiger partial charge in [0.1, 0.15) is 5.41 Å². The Morgan fingerprint density at radius 3 is 2.40 bits per heavy atom. The zero-order valence-electron chi connectivity index (χ0n) is 8.95. The Morgan fingerprint density at radius 1 is 1.47 bits per heavy atom. The van der Waals surface area contributed by atoms with Crippen LogP contribution in [0, 0.1) is 11.3 Å². The van der Waals surface area contributed by atoms with Gasteiger partial charge in [0.05, 0.1) is 0 Å². The molecule has 3 aliphatic rings. The van der Waals surface area contributed by atoms with E-state index in [1.54, 1.807) is 0 Å². The molecule has 0 aromatic rings. The number of aliphatic carboxylic acids is 1. The zero-order valence-corrected chi connectivity index (χ0v) is 8.95. The van der Waals surface area contributed by atoms with Crippen molar-refractivity contribution < 1.29 is 14.7 Å². The van der Waals surface area contributed by atoms with E-state index >= 15 is 0 Å². The molecular formula is C11H17NO3. The maximum absolute atomic E-state index is 12.1. The summed E-state index contributed by atoms with van der Waals surface area (Å²) in [6.45, 7) is 1.91. The lowest BCUT2D eigenvalue weighted by atomic mass is 9.51. The molecule has 3 rings (SSSR count). The molecule has 3 fully saturated rings. The molecule has 0 aromatic heterocycles. The van der Waals surface area contributed by atoms with Crippen LogP contribution in [-0.2, 0) is 9.59 Å². The zero-order chi connectivity index (χ0) is 11.3. The lowest BCUT2D eigenvalue weighted by Gasteiger charge is -2.52. The second kappa shape index (κ2) is 3.04. The van der Waals surface area contributed by atoms with Gasteiger partial charge in [0, 0.05) is 11.5 Å². The molecule has 1 atom stereocenters. The van der Waals surface area contributed by atoms with Gasteiger partial charge in [0.2, 0.25) is 0 Å². The number of nitrogens with two attached hydrogens (primary N) is 1. The van der Waals surface area contributed by atoms with E-state index < -0.39 is 16.9 Å². The van der Waals surface area contributed by atoms with E-state index in [1.807, 2.05) is 6.92 Å². The molecule has 0 spiro atoms. The van der Waals surface area contributed by atoms with Crippen LogP contribution in [-0.4, -0.2) is 22.4 Å². The number of Topliss-reactive ketones (excluding diaryl/α,β-unsaturated/α-hetero) is 1. The molecule has 3 N–H and O–H groups in total. The van der Waals surface area contributed by atoms with Crippen molar-refractivity contribution in [2.75, 3.05) is 0 Å². The third-order valence-electron chi connectivity index (χ3n) is 4.33. The molecule has 0 amide bonds. The SMILES string of the molecule is CCC1C(=O)C2(C(=O)O)CCC1(N)CC2. The number of ketones is 1. The van der Waals surface area contributed by atoms with Gasteiger partial charge in [-0.1, -0.05) is 6.92 Å². The second-order valence-corrected chi connectivity index (χ2v) is 4.95. The highest BCUT2D eigenvalue weighted by molar-refractivity contribution is 6.06. The summed E-state index contributed by atoms with van der Waals surface area (Å²) in [6, 6.07) is 0. The maximum Gasteiger partial charge on any atom is 0.317 e. The third-order valence-corrected chi connectivity index (χ3v) is 4.33. The van der Waals surface area contributed by atoms with E-state index in [1.165, 1.54) is 0 Å². The smallest absolute Gasteiger partial charge is 0.317 e. The second-order valence-electron chi connectivity index (χ2n) is 4.95. The first-order chi connectivity index (χ1) is 6.96. The van der Waals surface area contributed by atoms with Crippen molar-refractivity contribution in [3.63, 3.8) is 0 Å². The first kappa shape index (κ1) is 10.6. The molecule has 3 aliphatic carbocycles. The van der Waals surface area contributed by atoms with Gasteiger partial charge in [-0.2, -0.15) is 0 Å². The van der Waals surface area contributed by atoms with E-state index in [9.17, 15) is 14.7 Å². The summed E-state index contributed by atoms with van der Waals surface area (Å²) in [5, 5.41) is 9.22. The van der Waals surface area contributed by atoms with Gasteiger partial charge in [0.15, 0.2) is 5.78 Å². The normalized spacial score (nSPS) is 44.4. The topological polar surface area (TPSA) is 80.4 Å². The Labute approximate surface area is 88.8 Å². The number of carboxylic acids is 1. The van der Waals surface area contributed by atoms with E-state index in [0.29, 0.717) is 32.1 Å². The summed E-state index contributed by atoms with van der Waals surface area (Å²) in [5.74, 6) is -1.33. The largest absolute Gasteiger partial charge is 0.480 e. The van der Waals surface area contributed by atoms with Gasteiger partial charge in [-0.05, 0) is 32.1 Å². The summed E-state index contributed by atoms with van der Waals surface area (Å²) in [6.07, 6.45) is 2.85. The summed E-state index contributed by atoms with van der Waals surface area (Å²) in [4.78, 5) is 23.4. The van der Waals surface area contributed by atoms with Crippen molar-refractivity contribution in [2.24, 2.45) is 17.1 Å². The molecule has 0 heterocycles. The highest BCUT2D eigenvalue weighted by atomic mass is 16.4. The van der Waals surface area contributed by atoms with Crippen LogP contribution in [0.2, 0.25) is 0 Å². The fraction of sp³-hybridized carbons (Fsp3) is 0.818. The first-order valence-electron chi connectivity index (χ1n) is 5.53. The molecule has 15 heavy (non-hydrogen) atoms. The summed E-state index contributed by atoms with van der Waals surface area (Å²) in [7, 11) is 0. The number of carbonyl (C=O) groups is 2. The van der Waals surface area contributed by atoms with E-state index in [2.05, 4.69) is 0 Å². The number of fused-ring (bicyclic) bond motifs is 3. The molecule has 0 radical (unpaired) electrons. The summed E-state index contributed by atoms with van der Waals surface area (Å²) < 4.78 is 0. The fourth-order valence-electron chi connectivity index (χ4n) is 3.24. The molecule has 2 bridgehead atoms. The van der Waals surface area contributed by atoms with Crippen molar-refractivity contribution >= 4 is 11.8 Å². The standard InChI is InChI=1S/C11H17NO3/c1-2-7-8(13)10(9(14)15)3-5-11(7,12)6-4-10/h7H,2-6,12H2,1H3,(H,14,15). The molecule has 4 nitrogen and oxygen atoms in total. The molecule has 3 saturated carbocycles. The fourth-order valence-corrected chi connectivity index (χ4v) is 3.24. The maximum atomic E-state index is 12.1. The van der Waals surface area contributed by atoms with Crippen LogP contribution in [0.5, 0.6) is 0 Å². The van der Waals surface area contributed by atoms with Crippen molar-refractivity contribution in [1.82, 2.24) is 0 Å². The van der Waals surface area contributed by atoms with Crippen molar-refractivity contribution in [1.29, 1.82) is 0 Å². The highest BCUT2D eigenvalue weighted by Crippen LogP contribution is 2.52. The van der Waals surface area contributed by atoms with Gasteiger partial charge in [0.25, 0.3) is 0 Å². The van der Waals surface area contributed by atoms with Crippen LogP contribution in [0.1, 0.15) is 39.0 Å². The number of hydrogen-bond donors (Lipinski definition) is 2. The lowest BCUT2D eigenvalue weighted by Crippen LogP contribution is -2.65. The Kier molecular flexibility index (Phi) is 2.15. The molecule has 1 unspecified atom stereocenters. The average molecular weight is 211 g/mol. The minimum atomic E-state index is -1.11. The lowest BCUT2D eigenvalue weighted by molar-refractivity contribution is -0.167. The summed E-state index contributed by atoms with van der Waals surface area (Å²) in [5.41, 5.74) is 4.65. The average Bonchev–Trinajstić information content (AvgIpc) is 2.18. The number of carboxylic acid groups (broad SMARTS) is 1. The first-order valence-corrected chi connectivity index (χ1v) is 5.53. The van der Waals surface area contributed by atoms with E-state index in [-0.39, 0.29) is 11.7 Å². The molecular weight excluding hydrogens is 194 g/mol. The monoisotopic (exact) mass is 211 g/mol. The van der Waals surface area contributed by atoms with Gasteiger partial charge in [-0.3, -0.25) is 9.59 Å². The predicted octanol–water partition coefficient (Wildman–Crippen LogP) is 0.938. The van der Waals surface area contributed by atoms with Crippen LogP contribution in [0.15, 0.2) is 0 Å². The van der Waals surface area contributed by atoms with Gasteiger partial charge >= 0.3 is 5.97 Å². The van der Waals surface area contributed by atoms with Gasteiger partial charge < -0.3 is 10.8 Å². The highest BCUT2D eigenvalue weighted by Gasteiger charge is 2.61. The predicted molar refractivity (Wildman–Crippen MR) is 54.2 cm³/mol. The van der Waals surface area contributed by atoms with Crippen molar-refractivity contribution in [3.05, 3.63) is 0 Å². The van der Waals surface area contributed by atoms with Gasteiger partial charge in [-0.25, -0.2) is 0 Å². The van der Waals surface area contributed by atoms with E-state index in [4.69, 9.17) is 5.73 Å². The van der Waals surface area contributed by atoms with E-state index in [0.717, 1.165) is 0 Å². The molecule has 0 aliphatic heterocycles. The minimum absolute atomic E-state index is 0.127. The Hall–Kier alpha value is -0.900. The van der Waals surface area contributed by atoms with Crippen LogP contribution in [0.4, 0.5) is 0 Å². The quantitative estimate of drug-likeness (QED) is 0.666. The Balaban J connectivity index is 2.41. The third kappa shape index (κ3) is 1.17. The van der Waals surface area contributed by atoms with Crippen LogP contribution < -0.4 is 5.73 Å². The molecule has 0 aromatic carbocycles. The number of hydrogen-bond acceptors (Lipinski definition) is 3. The van der Waals surface area contributed by atoms with Crippen molar-refractivity contribution in [2.45, 2.75) is 44.6 Å². The van der Waals surface area contributed by atoms with Crippen LogP contribution >= 0.6 is 0 Å². The van der Waals surface area contributed by atoms with Crippen LogP contribution in [0.25, 0.3) is 0 Å². The minimum Gasteiger partial charge on any atom is -0.480 e. The Morgan fingerprint density at radius 2 is 2.00 bits per heavy atom.